The predicted octanol–water partition coefficient (Wildman–Crippen LogP) is 2.99. The molecule has 0 amide bonds. The maximum absolute atomic E-state index is 14.2. The monoisotopic (exact) mass is 399 g/mol. The molecule has 0 aromatic heterocycles. The lowest BCUT2D eigenvalue weighted by Crippen LogP contribution is -2.42. The first-order valence-electron chi connectivity index (χ1n) is 10.2. The number of guanidine groups is 1. The summed E-state index contributed by atoms with van der Waals surface area (Å²) < 4.78 is 19.7. The zero-order valence-corrected chi connectivity index (χ0v) is 16.9. The Morgan fingerprint density at radius 2 is 1.86 bits per heavy atom. The molecule has 1 aliphatic carbocycles. The molecule has 156 valence electrons. The topological polar surface area (TPSA) is 65.9 Å². The lowest BCUT2D eigenvalue weighted by Gasteiger charge is -2.18. The van der Waals surface area contributed by atoms with Gasteiger partial charge in [-0.1, -0.05) is 48.5 Å². The maximum atomic E-state index is 14.2. The fraction of sp³-hybridized carbons (Fsp3) is 0.435. The second kappa shape index (κ2) is 10.4. The third kappa shape index (κ3) is 6.27. The molecular formula is C23H30FN3O2. The molecule has 2 aromatic rings. The minimum Gasteiger partial charge on any atom is -0.389 e. The van der Waals surface area contributed by atoms with Crippen LogP contribution in [0.4, 0.5) is 4.39 Å². The highest BCUT2D eigenvalue weighted by Gasteiger charge is 2.45. The molecule has 1 aliphatic rings. The molecule has 1 saturated carbocycles. The summed E-state index contributed by atoms with van der Waals surface area (Å²) in [4.78, 5) is 4.64. The van der Waals surface area contributed by atoms with Crippen LogP contribution in [-0.4, -0.2) is 43.4 Å². The van der Waals surface area contributed by atoms with E-state index in [1.54, 1.807) is 6.07 Å². The van der Waals surface area contributed by atoms with Crippen molar-refractivity contribution in [3.05, 3.63) is 71.5 Å². The van der Waals surface area contributed by atoms with E-state index in [1.165, 1.54) is 6.07 Å². The number of benzene rings is 2. The molecule has 0 saturated heterocycles. The second-order valence-corrected chi connectivity index (χ2v) is 7.49. The van der Waals surface area contributed by atoms with Crippen molar-refractivity contribution < 1.29 is 14.2 Å². The molecule has 1 atom stereocenters. The summed E-state index contributed by atoms with van der Waals surface area (Å²) in [6.07, 6.45) is 1.23. The number of aliphatic imine (C=N–C) groups is 1. The van der Waals surface area contributed by atoms with Crippen molar-refractivity contribution in [1.29, 1.82) is 0 Å². The lowest BCUT2D eigenvalue weighted by molar-refractivity contribution is 0.0308. The Morgan fingerprint density at radius 1 is 1.14 bits per heavy atom. The molecule has 0 bridgehead atoms. The van der Waals surface area contributed by atoms with Crippen LogP contribution in [0.3, 0.4) is 0 Å². The largest absolute Gasteiger partial charge is 0.389 e. The van der Waals surface area contributed by atoms with Gasteiger partial charge < -0.3 is 20.5 Å². The Hall–Kier alpha value is -2.44. The van der Waals surface area contributed by atoms with Crippen molar-refractivity contribution in [3.8, 4) is 0 Å². The van der Waals surface area contributed by atoms with Crippen LogP contribution < -0.4 is 10.6 Å². The van der Waals surface area contributed by atoms with Crippen molar-refractivity contribution in [2.24, 2.45) is 4.99 Å². The zero-order valence-electron chi connectivity index (χ0n) is 16.9. The molecular weight excluding hydrogens is 369 g/mol. The Morgan fingerprint density at radius 3 is 2.55 bits per heavy atom. The van der Waals surface area contributed by atoms with Gasteiger partial charge in [-0.15, -0.1) is 0 Å². The average molecular weight is 400 g/mol. The normalized spacial score (nSPS) is 16.3. The molecule has 0 heterocycles. The molecule has 2 aromatic carbocycles. The Labute approximate surface area is 172 Å². The van der Waals surface area contributed by atoms with Crippen molar-refractivity contribution in [1.82, 2.24) is 10.6 Å². The molecule has 5 nitrogen and oxygen atoms in total. The number of nitrogens with zero attached hydrogens (tertiary/aromatic N) is 1. The Kier molecular flexibility index (Phi) is 7.61. The summed E-state index contributed by atoms with van der Waals surface area (Å²) in [5, 5.41) is 16.5. The van der Waals surface area contributed by atoms with Crippen LogP contribution in [0.2, 0.25) is 0 Å². The van der Waals surface area contributed by atoms with Crippen molar-refractivity contribution in [2.75, 3.05) is 26.2 Å². The van der Waals surface area contributed by atoms with Crippen LogP contribution >= 0.6 is 0 Å². The molecule has 6 heteroatoms. The van der Waals surface area contributed by atoms with Crippen LogP contribution in [0, 0.1) is 5.82 Å². The van der Waals surface area contributed by atoms with Gasteiger partial charge in [0.25, 0.3) is 0 Å². The highest BCUT2D eigenvalue weighted by atomic mass is 19.1. The highest BCUT2D eigenvalue weighted by Crippen LogP contribution is 2.49. The van der Waals surface area contributed by atoms with E-state index in [0.717, 1.165) is 24.0 Å². The number of aliphatic hydroxyl groups excluding tert-OH is 1. The van der Waals surface area contributed by atoms with Gasteiger partial charge in [-0.3, -0.25) is 4.99 Å². The van der Waals surface area contributed by atoms with E-state index in [4.69, 9.17) is 4.74 Å². The Balaban J connectivity index is 1.47. The first-order valence-corrected chi connectivity index (χ1v) is 10.2. The van der Waals surface area contributed by atoms with Crippen LogP contribution in [-0.2, 0) is 16.8 Å². The number of halogens is 1. The highest BCUT2D eigenvalue weighted by molar-refractivity contribution is 5.79. The smallest absolute Gasteiger partial charge is 0.191 e. The van der Waals surface area contributed by atoms with E-state index in [9.17, 15) is 9.50 Å². The first kappa shape index (κ1) is 21.3. The van der Waals surface area contributed by atoms with Gasteiger partial charge in [0.15, 0.2) is 5.96 Å². The molecule has 1 unspecified atom stereocenters. The quantitative estimate of drug-likeness (QED) is 0.425. The number of nitrogens with one attached hydrogen (secondary N) is 2. The summed E-state index contributed by atoms with van der Waals surface area (Å²) in [6, 6.07) is 16.8. The van der Waals surface area contributed by atoms with E-state index in [2.05, 4.69) is 15.6 Å². The van der Waals surface area contributed by atoms with Gasteiger partial charge in [-0.2, -0.15) is 0 Å². The zero-order chi connectivity index (χ0) is 20.5. The molecule has 0 spiro atoms. The van der Waals surface area contributed by atoms with Crippen molar-refractivity contribution in [3.63, 3.8) is 0 Å². The van der Waals surface area contributed by atoms with E-state index >= 15 is 0 Å². The van der Waals surface area contributed by atoms with Gasteiger partial charge in [0.1, 0.15) is 5.82 Å². The third-order valence-electron chi connectivity index (χ3n) is 5.11. The minimum absolute atomic E-state index is 0.163. The summed E-state index contributed by atoms with van der Waals surface area (Å²) in [5.41, 5.74) is 1.62. The van der Waals surface area contributed by atoms with Gasteiger partial charge in [-0.05, 0) is 37.0 Å². The summed E-state index contributed by atoms with van der Waals surface area (Å²) in [6.45, 7) is 4.24. The molecule has 0 aliphatic heterocycles. The molecule has 0 radical (unpaired) electrons. The number of hydrogen-bond acceptors (Lipinski definition) is 3. The summed E-state index contributed by atoms with van der Waals surface area (Å²) in [7, 11) is 0. The predicted molar refractivity (Wildman–Crippen MR) is 113 cm³/mol. The standard InChI is InChI=1S/C23H30FN3O2/c1-2-25-22(26-14-19(28)16-29-15-18-8-4-3-5-9-18)27-17-23(12-13-23)20-10-6-7-11-21(20)24/h3-11,19,28H,2,12-17H2,1H3,(H2,25,26,27). The summed E-state index contributed by atoms with van der Waals surface area (Å²) >= 11 is 0. The molecule has 3 rings (SSSR count). The molecule has 1 fully saturated rings. The van der Waals surface area contributed by atoms with Gasteiger partial charge in [0.2, 0.25) is 0 Å². The number of ether oxygens (including phenoxy) is 1. The van der Waals surface area contributed by atoms with E-state index < -0.39 is 6.10 Å². The Bertz CT molecular complexity index is 794. The summed E-state index contributed by atoms with van der Waals surface area (Å²) in [5.74, 6) is 0.460. The number of hydrogen-bond donors (Lipinski definition) is 3. The minimum atomic E-state index is -0.649. The molecule has 3 N–H and O–H groups in total. The SMILES string of the molecule is CCNC(=NCC1(c2ccccc2F)CC1)NCC(O)COCc1ccccc1. The fourth-order valence-corrected chi connectivity index (χ4v) is 3.29. The number of aliphatic hydroxyl groups is 1. The van der Waals surface area contributed by atoms with Crippen molar-refractivity contribution >= 4 is 5.96 Å². The molecule has 29 heavy (non-hydrogen) atoms. The lowest BCUT2D eigenvalue weighted by atomic mass is 9.95. The van der Waals surface area contributed by atoms with Crippen LogP contribution in [0.15, 0.2) is 59.6 Å². The first-order chi connectivity index (χ1) is 14.1. The van der Waals surface area contributed by atoms with Gasteiger partial charge in [-0.25, -0.2) is 4.39 Å². The number of rotatable bonds is 10. The van der Waals surface area contributed by atoms with E-state index in [1.807, 2.05) is 49.4 Å². The fourth-order valence-electron chi connectivity index (χ4n) is 3.29. The average Bonchev–Trinajstić information content (AvgIpc) is 3.52. The van der Waals surface area contributed by atoms with Crippen molar-refractivity contribution in [2.45, 2.75) is 37.9 Å². The van der Waals surface area contributed by atoms with Gasteiger partial charge >= 0.3 is 0 Å². The maximum Gasteiger partial charge on any atom is 0.191 e. The van der Waals surface area contributed by atoms with E-state index in [-0.39, 0.29) is 17.8 Å². The van der Waals surface area contributed by atoms with Crippen LogP contribution in [0.5, 0.6) is 0 Å². The van der Waals surface area contributed by atoms with E-state index in [0.29, 0.717) is 32.2 Å². The second-order valence-electron chi connectivity index (χ2n) is 7.49. The van der Waals surface area contributed by atoms with Gasteiger partial charge in [0, 0.05) is 18.5 Å². The van der Waals surface area contributed by atoms with Crippen LogP contribution in [0.1, 0.15) is 30.9 Å². The van der Waals surface area contributed by atoms with Gasteiger partial charge in [0.05, 0.1) is 25.9 Å². The third-order valence-corrected chi connectivity index (χ3v) is 5.11. The van der Waals surface area contributed by atoms with Crippen LogP contribution in [0.25, 0.3) is 0 Å².